The van der Waals surface area contributed by atoms with Crippen molar-refractivity contribution in [1.29, 1.82) is 0 Å². The molecular formula is C15H8F7NS. The fourth-order valence-electron chi connectivity index (χ4n) is 1.90. The Hall–Kier alpha value is -2.03. The molecule has 0 aliphatic heterocycles. The molecule has 0 aliphatic carbocycles. The van der Waals surface area contributed by atoms with E-state index in [4.69, 9.17) is 0 Å². The Balaban J connectivity index is 2.61. The summed E-state index contributed by atoms with van der Waals surface area (Å²) in [6.45, 7) is 1.68. The highest BCUT2D eigenvalue weighted by atomic mass is 32.1. The number of halogens is 7. The van der Waals surface area contributed by atoms with E-state index >= 15 is 0 Å². The van der Waals surface area contributed by atoms with Crippen molar-refractivity contribution in [3.8, 4) is 0 Å². The summed E-state index contributed by atoms with van der Waals surface area (Å²) in [6, 6.07) is 4.70. The van der Waals surface area contributed by atoms with Gasteiger partial charge in [-0.2, -0.15) is 13.2 Å². The molecule has 128 valence electrons. The Bertz CT molecular complexity index is 799. The third kappa shape index (κ3) is 3.26. The van der Waals surface area contributed by atoms with Crippen molar-refractivity contribution in [2.24, 2.45) is 4.99 Å². The number of aryl methyl sites for hydroxylation is 1. The van der Waals surface area contributed by atoms with Crippen molar-refractivity contribution in [1.82, 2.24) is 0 Å². The van der Waals surface area contributed by atoms with E-state index in [1.54, 1.807) is 19.1 Å². The van der Waals surface area contributed by atoms with Crippen molar-refractivity contribution in [2.75, 3.05) is 0 Å². The average molecular weight is 367 g/mol. The third-order valence-electron chi connectivity index (χ3n) is 3.13. The van der Waals surface area contributed by atoms with Crippen LogP contribution in [-0.4, -0.2) is 6.21 Å². The van der Waals surface area contributed by atoms with Crippen LogP contribution in [-0.2, 0) is 6.18 Å². The number of thiol groups is 1. The van der Waals surface area contributed by atoms with Crippen LogP contribution in [0.3, 0.4) is 0 Å². The lowest BCUT2D eigenvalue weighted by Crippen LogP contribution is -2.15. The van der Waals surface area contributed by atoms with Crippen LogP contribution < -0.4 is 0 Å². The molecule has 0 atom stereocenters. The molecular weight excluding hydrogens is 359 g/mol. The van der Waals surface area contributed by atoms with Gasteiger partial charge in [-0.05, 0) is 12.5 Å². The van der Waals surface area contributed by atoms with Crippen LogP contribution in [0, 0.1) is 30.2 Å². The minimum atomic E-state index is -5.59. The third-order valence-corrected chi connectivity index (χ3v) is 3.74. The van der Waals surface area contributed by atoms with Crippen LogP contribution in [0.4, 0.5) is 36.4 Å². The molecule has 24 heavy (non-hydrogen) atoms. The molecule has 0 radical (unpaired) electrons. The number of hydrogen-bond donors (Lipinski definition) is 1. The smallest absolute Gasteiger partial charge is 0.250 e. The van der Waals surface area contributed by atoms with Crippen molar-refractivity contribution >= 4 is 24.5 Å². The Morgan fingerprint density at radius 1 is 0.958 bits per heavy atom. The summed E-state index contributed by atoms with van der Waals surface area (Å²) in [5.41, 5.74) is -3.18. The summed E-state index contributed by atoms with van der Waals surface area (Å²) >= 11 is 4.13. The van der Waals surface area contributed by atoms with Crippen LogP contribution in [0.25, 0.3) is 0 Å². The van der Waals surface area contributed by atoms with Crippen LogP contribution in [0.15, 0.2) is 28.1 Å². The quantitative estimate of drug-likeness (QED) is 0.307. The largest absolute Gasteiger partial charge is 0.422 e. The number of benzene rings is 2. The Kier molecular flexibility index (Phi) is 4.93. The molecule has 0 saturated heterocycles. The lowest BCUT2D eigenvalue weighted by molar-refractivity contribution is -0.143. The topological polar surface area (TPSA) is 12.4 Å². The summed E-state index contributed by atoms with van der Waals surface area (Å²) in [5.74, 6) is -9.57. The second-order valence-electron chi connectivity index (χ2n) is 4.75. The number of alkyl halides is 3. The van der Waals surface area contributed by atoms with Crippen molar-refractivity contribution in [2.45, 2.75) is 18.0 Å². The predicted octanol–water partition coefficient (Wildman–Crippen LogP) is 5.61. The Labute approximate surface area is 137 Å². The van der Waals surface area contributed by atoms with Crippen molar-refractivity contribution < 1.29 is 30.7 Å². The Morgan fingerprint density at radius 3 is 2.00 bits per heavy atom. The lowest BCUT2D eigenvalue weighted by Gasteiger charge is -2.12. The number of nitrogens with zero attached hydrogens (tertiary/aromatic N) is 1. The summed E-state index contributed by atoms with van der Waals surface area (Å²) in [5, 5.41) is 0. The van der Waals surface area contributed by atoms with Gasteiger partial charge in [0.2, 0.25) is 0 Å². The fourth-order valence-corrected chi connectivity index (χ4v) is 2.11. The minimum absolute atomic E-state index is 0.262. The zero-order valence-corrected chi connectivity index (χ0v) is 12.7. The molecule has 2 rings (SSSR count). The number of rotatable bonds is 2. The van der Waals surface area contributed by atoms with Crippen LogP contribution in [0.1, 0.15) is 16.7 Å². The first-order valence-electron chi connectivity index (χ1n) is 6.31. The molecule has 9 heteroatoms. The molecule has 0 fully saturated rings. The molecule has 2 aromatic rings. The molecule has 0 unspecified atom stereocenters. The van der Waals surface area contributed by atoms with Crippen LogP contribution in [0.2, 0.25) is 0 Å². The summed E-state index contributed by atoms with van der Waals surface area (Å²) in [6.07, 6.45) is -4.74. The van der Waals surface area contributed by atoms with E-state index in [1.807, 2.05) is 0 Å². The van der Waals surface area contributed by atoms with Gasteiger partial charge >= 0.3 is 6.18 Å². The van der Waals surface area contributed by atoms with E-state index in [0.29, 0.717) is 10.5 Å². The van der Waals surface area contributed by atoms with Crippen molar-refractivity contribution in [3.05, 3.63) is 58.2 Å². The lowest BCUT2D eigenvalue weighted by atomic mass is 10.1. The number of aliphatic imine (C=N–C) groups is 1. The molecule has 0 spiro atoms. The van der Waals surface area contributed by atoms with Gasteiger partial charge in [-0.25, -0.2) is 22.6 Å². The zero-order chi connectivity index (χ0) is 18.2. The normalized spacial score (nSPS) is 12.2. The van der Waals surface area contributed by atoms with E-state index in [2.05, 4.69) is 17.6 Å². The first-order valence-corrected chi connectivity index (χ1v) is 6.76. The van der Waals surface area contributed by atoms with E-state index in [9.17, 15) is 30.7 Å². The van der Waals surface area contributed by atoms with Crippen LogP contribution in [0.5, 0.6) is 0 Å². The maximum absolute atomic E-state index is 13.7. The van der Waals surface area contributed by atoms with Gasteiger partial charge in [-0.1, -0.05) is 18.2 Å². The first kappa shape index (κ1) is 18.3. The van der Waals surface area contributed by atoms with E-state index in [1.165, 1.54) is 6.07 Å². The molecule has 0 amide bonds. The fraction of sp³-hybridized carbons (Fsp3) is 0.133. The van der Waals surface area contributed by atoms with Crippen molar-refractivity contribution in [3.63, 3.8) is 0 Å². The molecule has 0 bridgehead atoms. The van der Waals surface area contributed by atoms with E-state index in [-0.39, 0.29) is 5.56 Å². The number of hydrogen-bond acceptors (Lipinski definition) is 2. The average Bonchev–Trinajstić information content (AvgIpc) is 2.48. The zero-order valence-electron chi connectivity index (χ0n) is 11.8. The van der Waals surface area contributed by atoms with Gasteiger partial charge < -0.3 is 0 Å². The second-order valence-corrected chi connectivity index (χ2v) is 5.20. The molecule has 0 saturated carbocycles. The van der Waals surface area contributed by atoms with E-state index < -0.39 is 40.7 Å². The van der Waals surface area contributed by atoms with Gasteiger partial charge in [0.05, 0.1) is 0 Å². The first-order chi connectivity index (χ1) is 11.1. The Morgan fingerprint density at radius 2 is 1.50 bits per heavy atom. The van der Waals surface area contributed by atoms with E-state index in [0.717, 1.165) is 6.21 Å². The SMILES string of the molecule is Cc1cccc(C=Nc2c(F)c(F)c(C(F)(F)F)c(F)c2F)c1S. The van der Waals surface area contributed by atoms with Gasteiger partial charge in [0.1, 0.15) is 11.3 Å². The van der Waals surface area contributed by atoms with Gasteiger partial charge in [0.15, 0.2) is 23.3 Å². The molecule has 2 aromatic carbocycles. The standard InChI is InChI=1S/C15H8F7NS/c1-6-3-2-4-7(14(6)24)5-23-13-11(18)9(16)8(15(20,21)22)10(17)12(13)19/h2-5,24H,1H3. The molecule has 1 nitrogen and oxygen atoms in total. The highest BCUT2D eigenvalue weighted by molar-refractivity contribution is 7.80. The highest BCUT2D eigenvalue weighted by Crippen LogP contribution is 2.39. The maximum atomic E-state index is 13.7. The van der Waals surface area contributed by atoms with Gasteiger partial charge in [0, 0.05) is 16.7 Å². The second kappa shape index (κ2) is 6.46. The van der Waals surface area contributed by atoms with Crippen LogP contribution >= 0.6 is 12.6 Å². The minimum Gasteiger partial charge on any atom is -0.250 e. The van der Waals surface area contributed by atoms with Gasteiger partial charge in [-0.3, -0.25) is 0 Å². The monoisotopic (exact) mass is 367 g/mol. The predicted molar refractivity (Wildman–Crippen MR) is 77.0 cm³/mol. The summed E-state index contributed by atoms with van der Waals surface area (Å²) < 4.78 is 91.8. The van der Waals surface area contributed by atoms with Gasteiger partial charge in [-0.15, -0.1) is 12.6 Å². The summed E-state index contributed by atoms with van der Waals surface area (Å²) in [7, 11) is 0. The molecule has 0 heterocycles. The molecule has 0 N–H and O–H groups in total. The van der Waals surface area contributed by atoms with Gasteiger partial charge in [0.25, 0.3) is 0 Å². The summed E-state index contributed by atoms with van der Waals surface area (Å²) in [4.78, 5) is 3.64. The highest BCUT2D eigenvalue weighted by Gasteiger charge is 2.42. The molecule has 0 aromatic heterocycles. The maximum Gasteiger partial charge on any atom is 0.422 e. The molecule has 0 aliphatic rings.